The summed E-state index contributed by atoms with van der Waals surface area (Å²) in [5, 5.41) is 13.4. The lowest BCUT2D eigenvalue weighted by Gasteiger charge is -2.30. The summed E-state index contributed by atoms with van der Waals surface area (Å²) in [6, 6.07) is 4.37. The maximum Gasteiger partial charge on any atom is 0.333 e. The van der Waals surface area contributed by atoms with E-state index in [1.807, 2.05) is 4.72 Å². The Balaban J connectivity index is 1.36. The van der Waals surface area contributed by atoms with Gasteiger partial charge in [-0.05, 0) is 37.5 Å². The number of pyridine rings is 1. The second-order valence-corrected chi connectivity index (χ2v) is 11.8. The Bertz CT molecular complexity index is 1500. The SMILES string of the molecule is Cc1sc(C(=O)c2cncnc2N[C@H]2C[C@H](O)[C@@H]([CH]NS(=O)(=O)O)C2)cc1[C@H]1OCC(F)(F)c2ncccc21. The highest BCUT2D eigenvalue weighted by atomic mass is 32.2. The van der Waals surface area contributed by atoms with Gasteiger partial charge in [-0.15, -0.1) is 11.3 Å². The minimum Gasteiger partial charge on any atom is -0.393 e. The highest BCUT2D eigenvalue weighted by Crippen LogP contribution is 2.44. The molecule has 0 spiro atoms. The predicted molar refractivity (Wildman–Crippen MR) is 136 cm³/mol. The van der Waals surface area contributed by atoms with Gasteiger partial charge in [0.25, 0.3) is 0 Å². The Morgan fingerprint density at radius 2 is 2.08 bits per heavy atom. The van der Waals surface area contributed by atoms with Gasteiger partial charge < -0.3 is 15.2 Å². The number of carbonyl (C=O) groups is 1. The zero-order chi connectivity index (χ0) is 27.9. The van der Waals surface area contributed by atoms with Gasteiger partial charge in [0.15, 0.2) is 0 Å². The third-order valence-corrected chi connectivity index (χ3v) is 8.17. The summed E-state index contributed by atoms with van der Waals surface area (Å²) in [6.07, 6.45) is 2.78. The van der Waals surface area contributed by atoms with E-state index < -0.39 is 41.0 Å². The van der Waals surface area contributed by atoms with E-state index in [9.17, 15) is 27.1 Å². The van der Waals surface area contributed by atoms with Gasteiger partial charge in [0.1, 0.15) is 30.5 Å². The Labute approximate surface area is 226 Å². The number of hydrogen-bond donors (Lipinski definition) is 4. The molecule has 0 bridgehead atoms. The molecule has 1 aliphatic heterocycles. The van der Waals surface area contributed by atoms with Crippen LogP contribution in [0, 0.1) is 19.4 Å². The number of carbonyl (C=O) groups excluding carboxylic acids is 1. The van der Waals surface area contributed by atoms with Crippen LogP contribution in [0.5, 0.6) is 0 Å². The van der Waals surface area contributed by atoms with Crippen LogP contribution in [0.1, 0.15) is 55.9 Å². The molecule has 1 fully saturated rings. The standard InChI is InChI=1S/C24H24F2N5O6S2/c1-12-16(21-15-3-2-4-28-22(15)24(25,26)10-37-21)7-19(38-12)20(33)17-9-27-11-29-23(17)31-14-5-13(18(32)6-14)8-30-39(34,35)36/h2-4,7-9,11,13-14,18,21,30,32H,5-6,10H2,1H3,(H,27,29,31)(H,34,35,36)/t13-,14-,18+,21+/m1/s1. The van der Waals surface area contributed by atoms with E-state index in [2.05, 4.69) is 20.3 Å². The van der Waals surface area contributed by atoms with Crippen LogP contribution in [0.3, 0.4) is 0 Å². The Kier molecular flexibility index (Phi) is 7.47. The van der Waals surface area contributed by atoms with Crippen molar-refractivity contribution in [2.24, 2.45) is 5.92 Å². The number of hydrogen-bond acceptors (Lipinski definition) is 10. The maximum absolute atomic E-state index is 14.4. The van der Waals surface area contributed by atoms with Crippen molar-refractivity contribution in [1.82, 2.24) is 19.7 Å². The zero-order valence-electron chi connectivity index (χ0n) is 20.4. The van der Waals surface area contributed by atoms with Gasteiger partial charge in [0.2, 0.25) is 5.78 Å². The van der Waals surface area contributed by atoms with Gasteiger partial charge in [0, 0.05) is 41.3 Å². The van der Waals surface area contributed by atoms with Crippen molar-refractivity contribution in [2.45, 2.75) is 43.9 Å². The molecule has 4 atom stereocenters. The number of ketones is 1. The average molecular weight is 581 g/mol. The van der Waals surface area contributed by atoms with Crippen LogP contribution in [-0.4, -0.2) is 57.6 Å². The molecule has 4 heterocycles. The summed E-state index contributed by atoms with van der Waals surface area (Å²) in [7, 11) is -4.44. The number of fused-ring (bicyclic) bond motifs is 1. The molecule has 207 valence electrons. The quantitative estimate of drug-likeness (QED) is 0.230. The summed E-state index contributed by atoms with van der Waals surface area (Å²) >= 11 is 1.19. The molecule has 1 radical (unpaired) electrons. The summed E-state index contributed by atoms with van der Waals surface area (Å²) < 4.78 is 66.9. The summed E-state index contributed by atoms with van der Waals surface area (Å²) in [4.78, 5) is 26.6. The van der Waals surface area contributed by atoms with Crippen molar-refractivity contribution >= 4 is 33.2 Å². The maximum atomic E-state index is 14.4. The van der Waals surface area contributed by atoms with Crippen LogP contribution >= 0.6 is 11.3 Å². The second-order valence-electron chi connectivity index (χ2n) is 9.38. The molecule has 1 aliphatic carbocycles. The van der Waals surface area contributed by atoms with Gasteiger partial charge in [-0.3, -0.25) is 14.3 Å². The van der Waals surface area contributed by atoms with Crippen LogP contribution < -0.4 is 10.0 Å². The molecule has 2 aliphatic rings. The van der Waals surface area contributed by atoms with Crippen molar-refractivity contribution in [3.05, 3.63) is 75.6 Å². The highest BCUT2D eigenvalue weighted by molar-refractivity contribution is 7.83. The number of aliphatic hydroxyl groups excluding tert-OH is 1. The first-order valence-electron chi connectivity index (χ1n) is 11.9. The van der Waals surface area contributed by atoms with E-state index in [1.165, 1.54) is 36.1 Å². The first kappa shape index (κ1) is 27.6. The lowest BCUT2D eigenvalue weighted by atomic mass is 9.95. The lowest BCUT2D eigenvalue weighted by molar-refractivity contribution is -0.119. The van der Waals surface area contributed by atoms with Gasteiger partial charge in [-0.1, -0.05) is 6.07 Å². The molecule has 3 aromatic rings. The number of thiophene rings is 1. The summed E-state index contributed by atoms with van der Waals surface area (Å²) in [5.74, 6) is -3.95. The lowest BCUT2D eigenvalue weighted by Crippen LogP contribution is -2.32. The minimum atomic E-state index is -4.44. The number of nitrogens with zero attached hydrogens (tertiary/aromatic N) is 3. The fraction of sp³-hybridized carbons (Fsp3) is 0.375. The van der Waals surface area contributed by atoms with E-state index in [1.54, 1.807) is 19.1 Å². The molecule has 1 saturated carbocycles. The predicted octanol–water partition coefficient (Wildman–Crippen LogP) is 2.79. The van der Waals surface area contributed by atoms with Gasteiger partial charge in [0.05, 0.1) is 16.5 Å². The fourth-order valence-electron chi connectivity index (χ4n) is 4.86. The number of alkyl halides is 2. The number of ether oxygens (including phenoxy) is 1. The van der Waals surface area contributed by atoms with E-state index in [0.29, 0.717) is 16.9 Å². The monoisotopic (exact) mass is 580 g/mol. The number of halogens is 2. The van der Waals surface area contributed by atoms with Crippen LogP contribution in [0.25, 0.3) is 0 Å². The smallest absolute Gasteiger partial charge is 0.333 e. The third-order valence-electron chi connectivity index (χ3n) is 6.67. The molecule has 11 nitrogen and oxygen atoms in total. The molecule has 3 aromatic heterocycles. The van der Waals surface area contributed by atoms with Crippen molar-refractivity contribution < 1.29 is 36.4 Å². The molecular formula is C24H24F2N5O6S2. The topological polar surface area (TPSA) is 164 Å². The molecule has 15 heteroatoms. The molecule has 0 unspecified atom stereocenters. The van der Waals surface area contributed by atoms with E-state index in [-0.39, 0.29) is 40.9 Å². The molecule has 39 heavy (non-hydrogen) atoms. The Hall–Kier alpha value is -2.95. The fourth-order valence-corrected chi connectivity index (χ4v) is 6.21. The first-order valence-corrected chi connectivity index (χ1v) is 14.1. The van der Waals surface area contributed by atoms with E-state index >= 15 is 0 Å². The van der Waals surface area contributed by atoms with Crippen molar-refractivity contribution in [2.75, 3.05) is 11.9 Å². The van der Waals surface area contributed by atoms with Crippen LogP contribution in [0.15, 0.2) is 36.9 Å². The van der Waals surface area contributed by atoms with Gasteiger partial charge >= 0.3 is 16.2 Å². The van der Waals surface area contributed by atoms with Crippen molar-refractivity contribution in [3.8, 4) is 0 Å². The second kappa shape index (κ2) is 10.6. The molecule has 0 amide bonds. The van der Waals surface area contributed by atoms with Crippen LogP contribution in [-0.2, 0) is 21.0 Å². The molecule has 0 saturated heterocycles. The number of rotatable bonds is 8. The first-order chi connectivity index (χ1) is 18.4. The Morgan fingerprint density at radius 3 is 2.85 bits per heavy atom. The van der Waals surface area contributed by atoms with Gasteiger partial charge in [-0.25, -0.2) is 9.97 Å². The Morgan fingerprint density at radius 1 is 1.28 bits per heavy atom. The van der Waals surface area contributed by atoms with Gasteiger partial charge in [-0.2, -0.15) is 21.9 Å². The molecular weight excluding hydrogens is 556 g/mol. The number of anilines is 1. The van der Waals surface area contributed by atoms with Crippen LogP contribution in [0.2, 0.25) is 0 Å². The highest BCUT2D eigenvalue weighted by Gasteiger charge is 2.44. The van der Waals surface area contributed by atoms with Crippen molar-refractivity contribution in [1.29, 1.82) is 0 Å². The number of aromatic nitrogens is 3. The average Bonchev–Trinajstić information content (AvgIpc) is 3.44. The molecule has 0 aromatic carbocycles. The third kappa shape index (κ3) is 5.83. The van der Waals surface area contributed by atoms with E-state index in [4.69, 9.17) is 9.29 Å². The minimum absolute atomic E-state index is 0.168. The zero-order valence-corrected chi connectivity index (χ0v) is 22.0. The summed E-state index contributed by atoms with van der Waals surface area (Å²) in [5.41, 5.74) is 0.655. The number of aryl methyl sites for hydroxylation is 1. The largest absolute Gasteiger partial charge is 0.393 e. The normalized spacial score (nSPS) is 24.3. The number of nitrogens with one attached hydrogen (secondary N) is 2. The van der Waals surface area contributed by atoms with E-state index in [0.717, 1.165) is 11.4 Å². The molecule has 4 N–H and O–H groups in total. The molecule has 5 rings (SSSR count). The van der Waals surface area contributed by atoms with Crippen LogP contribution in [0.4, 0.5) is 14.6 Å². The number of aliphatic hydroxyl groups is 1. The summed E-state index contributed by atoms with van der Waals surface area (Å²) in [6.45, 7) is 2.06. The van der Waals surface area contributed by atoms with Crippen molar-refractivity contribution in [3.63, 3.8) is 0 Å².